The van der Waals surface area contributed by atoms with Crippen molar-refractivity contribution in [2.24, 2.45) is 0 Å². The van der Waals surface area contributed by atoms with Crippen LogP contribution in [0.2, 0.25) is 0 Å². The predicted molar refractivity (Wildman–Crippen MR) is 116 cm³/mol. The van der Waals surface area contributed by atoms with Crippen molar-refractivity contribution in [3.05, 3.63) is 59.9 Å². The molecule has 2 aromatic carbocycles. The molecule has 0 radical (unpaired) electrons. The van der Waals surface area contributed by atoms with Gasteiger partial charge in [-0.15, -0.1) is 5.10 Å². The van der Waals surface area contributed by atoms with Gasteiger partial charge in [-0.25, -0.2) is 13.5 Å². The van der Waals surface area contributed by atoms with Gasteiger partial charge in [-0.05, 0) is 49.6 Å². The summed E-state index contributed by atoms with van der Waals surface area (Å²) in [6, 6.07) is 10.1. The molecule has 1 aromatic heterocycles. The van der Waals surface area contributed by atoms with Crippen LogP contribution in [0.25, 0.3) is 5.69 Å². The molecular formula is C23H25F2N5O2. The van der Waals surface area contributed by atoms with Crippen LogP contribution in [-0.2, 0) is 4.74 Å². The number of nitrogens with one attached hydrogen (secondary N) is 1. The van der Waals surface area contributed by atoms with E-state index in [1.165, 1.54) is 17.1 Å². The van der Waals surface area contributed by atoms with Gasteiger partial charge in [0.25, 0.3) is 0 Å². The third kappa shape index (κ3) is 4.58. The number of ether oxygens (including phenoxy) is 2. The Kier molecular flexibility index (Phi) is 5.75. The maximum atomic E-state index is 13.5. The van der Waals surface area contributed by atoms with E-state index in [2.05, 4.69) is 20.3 Å². The summed E-state index contributed by atoms with van der Waals surface area (Å²) in [5.41, 5.74) is 2.23. The third-order valence-corrected chi connectivity index (χ3v) is 5.88. The smallest absolute Gasteiger partial charge is 0.246 e. The summed E-state index contributed by atoms with van der Waals surface area (Å²) < 4.78 is 39.6. The van der Waals surface area contributed by atoms with Gasteiger partial charge in [0.15, 0.2) is 11.6 Å². The van der Waals surface area contributed by atoms with Gasteiger partial charge in [-0.3, -0.25) is 4.90 Å². The number of hydrogen-bond donors (Lipinski definition) is 1. The normalized spacial score (nSPS) is 17.8. The number of rotatable bonds is 6. The van der Waals surface area contributed by atoms with Crippen LogP contribution in [0.1, 0.15) is 18.4 Å². The highest BCUT2D eigenvalue weighted by Crippen LogP contribution is 2.27. The summed E-state index contributed by atoms with van der Waals surface area (Å²) in [4.78, 5) is 6.71. The number of piperidine rings is 1. The van der Waals surface area contributed by atoms with Crippen LogP contribution >= 0.6 is 0 Å². The number of halogens is 2. The van der Waals surface area contributed by atoms with E-state index in [1.807, 2.05) is 25.1 Å². The number of likely N-dealkylation sites (tertiary alicyclic amines) is 1. The van der Waals surface area contributed by atoms with Gasteiger partial charge in [0.2, 0.25) is 5.95 Å². The Bertz CT molecular complexity index is 1090. The Hall–Kier alpha value is -3.04. The summed E-state index contributed by atoms with van der Waals surface area (Å²) in [5.74, 6) is -0.678. The molecule has 32 heavy (non-hydrogen) atoms. The second kappa shape index (κ2) is 8.84. The topological polar surface area (TPSA) is 64.4 Å². The lowest BCUT2D eigenvalue weighted by Crippen LogP contribution is -2.52. The predicted octanol–water partition coefficient (Wildman–Crippen LogP) is 3.84. The fourth-order valence-corrected chi connectivity index (χ4v) is 4.07. The number of aryl methyl sites for hydroxylation is 1. The number of nitrogens with zero attached hydrogens (tertiary/aromatic N) is 4. The van der Waals surface area contributed by atoms with Gasteiger partial charge < -0.3 is 14.8 Å². The Morgan fingerprint density at radius 3 is 2.59 bits per heavy atom. The minimum Gasteiger partial charge on any atom is -0.490 e. The van der Waals surface area contributed by atoms with Crippen molar-refractivity contribution in [3.63, 3.8) is 0 Å². The maximum absolute atomic E-state index is 13.5. The van der Waals surface area contributed by atoms with Crippen molar-refractivity contribution in [2.75, 3.05) is 31.6 Å². The Morgan fingerprint density at radius 2 is 1.88 bits per heavy atom. The van der Waals surface area contributed by atoms with E-state index in [1.54, 1.807) is 0 Å². The molecule has 3 aromatic rings. The minimum absolute atomic E-state index is 0.188. The average molecular weight is 441 g/mol. The van der Waals surface area contributed by atoms with E-state index in [0.717, 1.165) is 68.3 Å². The molecule has 2 aliphatic heterocycles. The molecule has 0 spiro atoms. The highest BCUT2D eigenvalue weighted by Gasteiger charge is 2.30. The van der Waals surface area contributed by atoms with Crippen LogP contribution in [-0.4, -0.2) is 58.1 Å². The Morgan fingerprint density at radius 1 is 1.06 bits per heavy atom. The molecule has 3 heterocycles. The Labute approximate surface area is 185 Å². The molecule has 0 unspecified atom stereocenters. The third-order valence-electron chi connectivity index (χ3n) is 5.88. The molecule has 9 heteroatoms. The van der Waals surface area contributed by atoms with Gasteiger partial charge in [0.05, 0.1) is 24.9 Å². The summed E-state index contributed by atoms with van der Waals surface area (Å²) in [6.45, 7) is 5.75. The molecule has 0 aliphatic carbocycles. The lowest BCUT2D eigenvalue weighted by molar-refractivity contribution is -0.0778. The van der Waals surface area contributed by atoms with Gasteiger partial charge in [0, 0.05) is 30.9 Å². The molecule has 168 valence electrons. The van der Waals surface area contributed by atoms with Crippen LogP contribution in [0.4, 0.5) is 20.4 Å². The summed E-state index contributed by atoms with van der Waals surface area (Å²) in [6.07, 6.45) is 3.62. The van der Waals surface area contributed by atoms with E-state index in [0.29, 0.717) is 17.7 Å². The SMILES string of the molecule is Cc1cc(Nc2ncn(-c3ccc(F)c(F)c3)n2)cc(OC2CCN(C3COC3)CC2)c1. The minimum atomic E-state index is -0.931. The van der Waals surface area contributed by atoms with Crippen molar-refractivity contribution in [1.82, 2.24) is 19.7 Å². The molecule has 7 nitrogen and oxygen atoms in total. The van der Waals surface area contributed by atoms with Gasteiger partial charge in [0.1, 0.15) is 18.2 Å². The van der Waals surface area contributed by atoms with E-state index < -0.39 is 11.6 Å². The second-order valence-electron chi connectivity index (χ2n) is 8.32. The molecule has 2 aliphatic rings. The summed E-state index contributed by atoms with van der Waals surface area (Å²) in [7, 11) is 0. The largest absolute Gasteiger partial charge is 0.490 e. The van der Waals surface area contributed by atoms with Crippen molar-refractivity contribution >= 4 is 11.6 Å². The lowest BCUT2D eigenvalue weighted by atomic mass is 10.0. The van der Waals surface area contributed by atoms with Gasteiger partial charge in [-0.1, -0.05) is 0 Å². The van der Waals surface area contributed by atoms with Crippen molar-refractivity contribution in [3.8, 4) is 11.4 Å². The lowest BCUT2D eigenvalue weighted by Gasteiger charge is -2.41. The first-order valence-corrected chi connectivity index (χ1v) is 10.8. The van der Waals surface area contributed by atoms with Crippen molar-refractivity contribution in [1.29, 1.82) is 0 Å². The fourth-order valence-electron chi connectivity index (χ4n) is 4.07. The fraction of sp³-hybridized carbons (Fsp3) is 0.391. The average Bonchev–Trinajstić information content (AvgIpc) is 3.18. The van der Waals surface area contributed by atoms with E-state index in [9.17, 15) is 8.78 Å². The van der Waals surface area contributed by atoms with Crippen LogP contribution < -0.4 is 10.1 Å². The molecule has 2 saturated heterocycles. The zero-order chi connectivity index (χ0) is 22.1. The molecule has 1 N–H and O–H groups in total. The van der Waals surface area contributed by atoms with Crippen LogP contribution in [0, 0.1) is 18.6 Å². The van der Waals surface area contributed by atoms with Crippen LogP contribution in [0.5, 0.6) is 5.75 Å². The van der Waals surface area contributed by atoms with Crippen LogP contribution in [0.3, 0.4) is 0 Å². The number of benzene rings is 2. The molecule has 5 rings (SSSR count). The summed E-state index contributed by atoms with van der Waals surface area (Å²) >= 11 is 0. The highest BCUT2D eigenvalue weighted by atomic mass is 19.2. The first-order valence-electron chi connectivity index (χ1n) is 10.8. The van der Waals surface area contributed by atoms with E-state index >= 15 is 0 Å². The standard InChI is InChI=1S/C23H25F2N5O2/c1-15-8-16(27-23-26-14-30(28-23)17-2-3-21(24)22(25)11-17)10-20(9-15)32-19-4-6-29(7-5-19)18-12-31-13-18/h2-3,8-11,14,18-19H,4-7,12-13H2,1H3,(H,27,28). The number of anilines is 2. The van der Waals surface area contributed by atoms with Crippen molar-refractivity contribution < 1.29 is 18.3 Å². The number of hydrogen-bond acceptors (Lipinski definition) is 6. The first kappa shape index (κ1) is 20.8. The molecular weight excluding hydrogens is 416 g/mol. The first-order chi connectivity index (χ1) is 15.5. The maximum Gasteiger partial charge on any atom is 0.246 e. The van der Waals surface area contributed by atoms with Gasteiger partial charge >= 0.3 is 0 Å². The zero-order valence-electron chi connectivity index (χ0n) is 17.8. The molecule has 0 saturated carbocycles. The molecule has 2 fully saturated rings. The van der Waals surface area contributed by atoms with E-state index in [-0.39, 0.29) is 6.10 Å². The monoisotopic (exact) mass is 441 g/mol. The van der Waals surface area contributed by atoms with Crippen LogP contribution in [0.15, 0.2) is 42.7 Å². The molecule has 0 atom stereocenters. The molecule has 0 amide bonds. The van der Waals surface area contributed by atoms with E-state index in [4.69, 9.17) is 9.47 Å². The molecule has 0 bridgehead atoms. The quantitative estimate of drug-likeness (QED) is 0.627. The Balaban J connectivity index is 1.23. The second-order valence-corrected chi connectivity index (χ2v) is 8.32. The highest BCUT2D eigenvalue weighted by molar-refractivity contribution is 5.57. The van der Waals surface area contributed by atoms with Gasteiger partial charge in [-0.2, -0.15) is 4.98 Å². The van der Waals surface area contributed by atoms with Crippen molar-refractivity contribution in [2.45, 2.75) is 31.9 Å². The zero-order valence-corrected chi connectivity index (χ0v) is 17.8. The summed E-state index contributed by atoms with van der Waals surface area (Å²) in [5, 5.41) is 7.47. The number of aromatic nitrogens is 3.